The fourth-order valence-corrected chi connectivity index (χ4v) is 3.88. The third-order valence-corrected chi connectivity index (χ3v) is 6.19. The second-order valence-electron chi connectivity index (χ2n) is 8.31. The van der Waals surface area contributed by atoms with Crippen LogP contribution in [0, 0.1) is 6.92 Å². The summed E-state index contributed by atoms with van der Waals surface area (Å²) >= 11 is 0. The quantitative estimate of drug-likeness (QED) is 0.383. The lowest BCUT2D eigenvalue weighted by Crippen LogP contribution is -2.17. The van der Waals surface area contributed by atoms with Gasteiger partial charge in [0.1, 0.15) is 5.82 Å². The molecule has 0 aliphatic heterocycles. The van der Waals surface area contributed by atoms with E-state index in [1.165, 1.54) is 38.7 Å². The van der Waals surface area contributed by atoms with E-state index < -0.39 is 0 Å². The molecule has 0 saturated carbocycles. The first-order chi connectivity index (χ1) is 13.4. The van der Waals surface area contributed by atoms with E-state index in [4.69, 9.17) is 4.98 Å². The maximum absolute atomic E-state index is 4.71. The molecule has 2 heteroatoms. The van der Waals surface area contributed by atoms with Gasteiger partial charge in [-0.3, -0.25) is 0 Å². The van der Waals surface area contributed by atoms with Crippen LogP contribution >= 0.6 is 0 Å². The second-order valence-corrected chi connectivity index (χ2v) is 8.31. The summed E-state index contributed by atoms with van der Waals surface area (Å²) in [5.41, 5.74) is 6.38. The van der Waals surface area contributed by atoms with E-state index in [1.54, 1.807) is 0 Å². The fraction of sp³-hybridized carbons (Fsp3) is 0.269. The van der Waals surface area contributed by atoms with E-state index in [0.717, 1.165) is 12.2 Å². The van der Waals surface area contributed by atoms with Crippen LogP contribution in [0.1, 0.15) is 38.4 Å². The SMILES string of the molecule is CCC(C)(C)c1cc(-c2cccc3ccccc23)ccc1-c1ncc(C)n1C. The smallest absolute Gasteiger partial charge is 0.140 e. The minimum absolute atomic E-state index is 0.0653. The second kappa shape index (κ2) is 6.94. The largest absolute Gasteiger partial charge is 0.331 e. The highest BCUT2D eigenvalue weighted by molar-refractivity contribution is 5.97. The van der Waals surface area contributed by atoms with E-state index in [9.17, 15) is 0 Å². The number of nitrogens with zero attached hydrogens (tertiary/aromatic N) is 2. The molecule has 0 atom stereocenters. The first kappa shape index (κ1) is 18.5. The molecule has 1 aromatic heterocycles. The lowest BCUT2D eigenvalue weighted by molar-refractivity contribution is 0.507. The number of aryl methyl sites for hydroxylation is 1. The molecule has 0 radical (unpaired) electrons. The molecule has 0 fully saturated rings. The maximum Gasteiger partial charge on any atom is 0.140 e. The van der Waals surface area contributed by atoms with E-state index in [0.29, 0.717) is 0 Å². The van der Waals surface area contributed by atoms with Gasteiger partial charge in [-0.2, -0.15) is 0 Å². The third kappa shape index (κ3) is 3.03. The summed E-state index contributed by atoms with van der Waals surface area (Å²) in [6, 6.07) is 22.1. The summed E-state index contributed by atoms with van der Waals surface area (Å²) in [5, 5.41) is 2.57. The van der Waals surface area contributed by atoms with Crippen LogP contribution in [0.2, 0.25) is 0 Å². The molecule has 28 heavy (non-hydrogen) atoms. The third-order valence-electron chi connectivity index (χ3n) is 6.19. The van der Waals surface area contributed by atoms with Crippen molar-refractivity contribution in [1.82, 2.24) is 9.55 Å². The van der Waals surface area contributed by atoms with Gasteiger partial charge in [-0.1, -0.05) is 75.4 Å². The maximum atomic E-state index is 4.71. The van der Waals surface area contributed by atoms with E-state index in [-0.39, 0.29) is 5.41 Å². The van der Waals surface area contributed by atoms with Crippen molar-refractivity contribution < 1.29 is 0 Å². The number of hydrogen-bond donors (Lipinski definition) is 0. The zero-order valence-corrected chi connectivity index (χ0v) is 17.5. The number of benzene rings is 3. The minimum Gasteiger partial charge on any atom is -0.331 e. The molecule has 2 nitrogen and oxygen atoms in total. The highest BCUT2D eigenvalue weighted by Gasteiger charge is 2.25. The van der Waals surface area contributed by atoms with Crippen LogP contribution in [-0.2, 0) is 12.5 Å². The summed E-state index contributed by atoms with van der Waals surface area (Å²) < 4.78 is 2.18. The van der Waals surface area contributed by atoms with Gasteiger partial charge in [0.2, 0.25) is 0 Å². The first-order valence-corrected chi connectivity index (χ1v) is 10.0. The van der Waals surface area contributed by atoms with Crippen molar-refractivity contribution in [2.75, 3.05) is 0 Å². The highest BCUT2D eigenvalue weighted by Crippen LogP contribution is 2.39. The van der Waals surface area contributed by atoms with Gasteiger partial charge in [0.25, 0.3) is 0 Å². The monoisotopic (exact) mass is 368 g/mol. The van der Waals surface area contributed by atoms with Crippen LogP contribution in [0.25, 0.3) is 33.3 Å². The number of aromatic nitrogens is 2. The van der Waals surface area contributed by atoms with Crippen LogP contribution in [-0.4, -0.2) is 9.55 Å². The number of imidazole rings is 1. The Balaban J connectivity index is 1.97. The molecule has 0 N–H and O–H groups in total. The molecule has 0 bridgehead atoms. The van der Waals surface area contributed by atoms with Gasteiger partial charge in [0.15, 0.2) is 0 Å². The van der Waals surface area contributed by atoms with Crippen LogP contribution < -0.4 is 0 Å². The van der Waals surface area contributed by atoms with Crippen molar-refractivity contribution in [3.8, 4) is 22.5 Å². The molecule has 0 saturated heterocycles. The summed E-state index contributed by atoms with van der Waals surface area (Å²) in [4.78, 5) is 4.71. The van der Waals surface area contributed by atoms with Gasteiger partial charge in [0, 0.05) is 24.5 Å². The zero-order chi connectivity index (χ0) is 19.9. The average molecular weight is 369 g/mol. The summed E-state index contributed by atoms with van der Waals surface area (Å²) in [5.74, 6) is 1.04. The van der Waals surface area contributed by atoms with E-state index in [2.05, 4.69) is 100.0 Å². The number of fused-ring (bicyclic) bond motifs is 1. The average Bonchev–Trinajstić information content (AvgIpc) is 3.05. The Kier molecular flexibility index (Phi) is 4.58. The van der Waals surface area contributed by atoms with Crippen molar-refractivity contribution in [1.29, 1.82) is 0 Å². The Morgan fingerprint density at radius 2 is 1.68 bits per heavy atom. The molecule has 0 aliphatic carbocycles. The van der Waals surface area contributed by atoms with Gasteiger partial charge in [-0.15, -0.1) is 0 Å². The Morgan fingerprint density at radius 1 is 0.929 bits per heavy atom. The summed E-state index contributed by atoms with van der Waals surface area (Å²) in [7, 11) is 2.10. The number of rotatable bonds is 4. The van der Waals surface area contributed by atoms with Gasteiger partial charge < -0.3 is 4.57 Å². The molecule has 0 amide bonds. The van der Waals surface area contributed by atoms with Crippen LogP contribution in [0.3, 0.4) is 0 Å². The normalized spacial score (nSPS) is 11.9. The first-order valence-electron chi connectivity index (χ1n) is 10.0. The molecular weight excluding hydrogens is 340 g/mol. The fourth-order valence-electron chi connectivity index (χ4n) is 3.88. The Hall–Kier alpha value is -2.87. The van der Waals surface area contributed by atoms with Crippen molar-refractivity contribution in [3.63, 3.8) is 0 Å². The summed E-state index contributed by atoms with van der Waals surface area (Å²) in [6.45, 7) is 9.02. The van der Waals surface area contributed by atoms with Crippen molar-refractivity contribution in [2.24, 2.45) is 7.05 Å². The Bertz CT molecular complexity index is 1140. The topological polar surface area (TPSA) is 17.8 Å². The Morgan fingerprint density at radius 3 is 2.39 bits per heavy atom. The van der Waals surface area contributed by atoms with Gasteiger partial charge in [0.05, 0.1) is 0 Å². The molecule has 4 aromatic rings. The van der Waals surface area contributed by atoms with Crippen LogP contribution in [0.5, 0.6) is 0 Å². The molecule has 1 heterocycles. The molecule has 0 aliphatic rings. The van der Waals surface area contributed by atoms with E-state index >= 15 is 0 Å². The van der Waals surface area contributed by atoms with Crippen LogP contribution in [0.4, 0.5) is 0 Å². The molecule has 3 aromatic carbocycles. The lowest BCUT2D eigenvalue weighted by Gasteiger charge is -2.27. The van der Waals surface area contributed by atoms with Crippen LogP contribution in [0.15, 0.2) is 66.9 Å². The van der Waals surface area contributed by atoms with Gasteiger partial charge >= 0.3 is 0 Å². The summed E-state index contributed by atoms with van der Waals surface area (Å²) in [6.07, 6.45) is 3.03. The molecular formula is C26H28N2. The molecule has 4 rings (SSSR count). The van der Waals surface area contributed by atoms with E-state index in [1.807, 2.05) is 6.20 Å². The highest BCUT2D eigenvalue weighted by atomic mass is 15.1. The minimum atomic E-state index is 0.0653. The van der Waals surface area contributed by atoms with Gasteiger partial charge in [-0.05, 0) is 52.3 Å². The lowest BCUT2D eigenvalue weighted by atomic mass is 9.78. The van der Waals surface area contributed by atoms with Crippen molar-refractivity contribution in [2.45, 2.75) is 39.5 Å². The Labute approximate surface area is 167 Å². The van der Waals surface area contributed by atoms with Crippen molar-refractivity contribution in [3.05, 3.63) is 78.1 Å². The zero-order valence-electron chi connectivity index (χ0n) is 17.5. The number of hydrogen-bond acceptors (Lipinski definition) is 1. The standard InChI is InChI=1S/C26H28N2/c1-6-26(3,4)24-16-20(14-15-23(24)25-27-17-18(2)28(25)5)22-13-9-11-19-10-7-8-12-21(19)22/h7-17H,6H2,1-5H3. The predicted molar refractivity (Wildman–Crippen MR) is 120 cm³/mol. The van der Waals surface area contributed by atoms with Crippen molar-refractivity contribution >= 4 is 10.8 Å². The predicted octanol–water partition coefficient (Wildman–Crippen LogP) is 6.90. The molecule has 0 spiro atoms. The molecule has 0 unspecified atom stereocenters. The molecule has 142 valence electrons. The van der Waals surface area contributed by atoms with Gasteiger partial charge in [-0.25, -0.2) is 4.98 Å².